The largest absolute Gasteiger partial charge is 0.493 e. The van der Waals surface area contributed by atoms with Crippen LogP contribution in [0.2, 0.25) is 0 Å². The molecule has 0 saturated heterocycles. The highest BCUT2D eigenvalue weighted by molar-refractivity contribution is 7.89. The van der Waals surface area contributed by atoms with Gasteiger partial charge in [-0.3, -0.25) is 4.79 Å². The number of sulfonamides is 1. The van der Waals surface area contributed by atoms with Gasteiger partial charge in [0.2, 0.25) is 10.0 Å². The normalized spacial score (nSPS) is 14.7. The maximum atomic E-state index is 12.7. The molecule has 0 unspecified atom stereocenters. The van der Waals surface area contributed by atoms with E-state index in [9.17, 15) is 13.2 Å². The zero-order chi connectivity index (χ0) is 21.7. The van der Waals surface area contributed by atoms with Crippen molar-refractivity contribution in [1.82, 2.24) is 9.62 Å². The van der Waals surface area contributed by atoms with Crippen LogP contribution in [0.25, 0.3) is 0 Å². The highest BCUT2D eigenvalue weighted by Gasteiger charge is 2.22. The zero-order valence-electron chi connectivity index (χ0n) is 17.6. The van der Waals surface area contributed by atoms with Crippen LogP contribution in [0.15, 0.2) is 47.4 Å². The van der Waals surface area contributed by atoms with E-state index in [0.29, 0.717) is 22.6 Å². The van der Waals surface area contributed by atoms with E-state index in [-0.39, 0.29) is 23.5 Å². The second-order valence-corrected chi connectivity index (χ2v) is 9.59. The topological polar surface area (TPSA) is 84.9 Å². The maximum absolute atomic E-state index is 12.7. The van der Waals surface area contributed by atoms with E-state index in [4.69, 9.17) is 9.47 Å². The fraction of sp³-hybridized carbons (Fsp3) is 0.409. The Hall–Kier alpha value is -2.58. The monoisotopic (exact) mass is 432 g/mol. The molecule has 1 fully saturated rings. The van der Waals surface area contributed by atoms with Crippen molar-refractivity contribution < 1.29 is 22.7 Å². The second-order valence-electron chi connectivity index (χ2n) is 7.47. The summed E-state index contributed by atoms with van der Waals surface area (Å²) < 4.78 is 37.6. The van der Waals surface area contributed by atoms with Crippen LogP contribution in [0.1, 0.15) is 41.6 Å². The lowest BCUT2D eigenvalue weighted by molar-refractivity contribution is 0.0950. The number of hydrogen-bond acceptors (Lipinski definition) is 5. The first kappa shape index (κ1) is 22.1. The molecule has 1 aliphatic carbocycles. The molecule has 1 amide bonds. The van der Waals surface area contributed by atoms with E-state index >= 15 is 0 Å². The minimum Gasteiger partial charge on any atom is -0.493 e. The third-order valence-electron chi connectivity index (χ3n) is 5.19. The van der Waals surface area contributed by atoms with Gasteiger partial charge in [-0.2, -0.15) is 0 Å². The summed E-state index contributed by atoms with van der Waals surface area (Å²) in [4.78, 5) is 12.8. The number of hydrogen-bond donors (Lipinski definition) is 1. The maximum Gasteiger partial charge on any atom is 0.251 e. The molecule has 1 saturated carbocycles. The molecule has 0 aliphatic heterocycles. The Morgan fingerprint density at radius 2 is 1.80 bits per heavy atom. The molecule has 0 bridgehead atoms. The summed E-state index contributed by atoms with van der Waals surface area (Å²) in [5.41, 5.74) is 0.936. The first-order valence-electron chi connectivity index (χ1n) is 9.96. The van der Waals surface area contributed by atoms with E-state index in [1.54, 1.807) is 43.5 Å². The minimum absolute atomic E-state index is 0.0880. The van der Waals surface area contributed by atoms with Crippen LogP contribution in [0.4, 0.5) is 0 Å². The Labute approximate surface area is 178 Å². The Morgan fingerprint density at radius 3 is 2.47 bits per heavy atom. The standard InChI is InChI=1S/C22H28N2O5S/c1-24(2)30(26,27)21-11-7-4-8-17(21)15-23-22(25)16-12-13-19(20(14-16)28-3)29-18-9-5-6-10-18/h4,7-8,11-14,18H,5-6,9-10,15H2,1-3H3,(H,23,25). The molecule has 1 N–H and O–H groups in total. The van der Waals surface area contributed by atoms with Crippen LogP contribution in [0.5, 0.6) is 11.5 Å². The third kappa shape index (κ3) is 4.94. The van der Waals surface area contributed by atoms with Crippen molar-refractivity contribution in [1.29, 1.82) is 0 Å². The number of ether oxygens (including phenoxy) is 2. The molecule has 0 heterocycles. The van der Waals surface area contributed by atoms with Crippen molar-refractivity contribution in [2.75, 3.05) is 21.2 Å². The molecule has 0 atom stereocenters. The van der Waals surface area contributed by atoms with Gasteiger partial charge >= 0.3 is 0 Å². The van der Waals surface area contributed by atoms with Crippen LogP contribution < -0.4 is 14.8 Å². The van der Waals surface area contributed by atoms with Gasteiger partial charge in [0.25, 0.3) is 5.91 Å². The first-order valence-corrected chi connectivity index (χ1v) is 11.4. The van der Waals surface area contributed by atoms with Crippen molar-refractivity contribution in [2.45, 2.75) is 43.2 Å². The molecule has 162 valence electrons. The molecule has 1 aliphatic rings. The number of benzene rings is 2. The molecule has 30 heavy (non-hydrogen) atoms. The van der Waals surface area contributed by atoms with Crippen LogP contribution in [-0.2, 0) is 16.6 Å². The van der Waals surface area contributed by atoms with Crippen molar-refractivity contribution in [2.24, 2.45) is 0 Å². The molecule has 2 aromatic carbocycles. The summed E-state index contributed by atoms with van der Waals surface area (Å²) in [5.74, 6) is 0.811. The quantitative estimate of drug-likeness (QED) is 0.692. The van der Waals surface area contributed by atoms with E-state index in [0.717, 1.165) is 17.1 Å². The summed E-state index contributed by atoms with van der Waals surface area (Å²) in [6.07, 6.45) is 4.58. The van der Waals surface area contributed by atoms with Crippen LogP contribution in [0.3, 0.4) is 0 Å². The number of amides is 1. The van der Waals surface area contributed by atoms with Gasteiger partial charge < -0.3 is 14.8 Å². The molecule has 0 aromatic heterocycles. The highest BCUT2D eigenvalue weighted by Crippen LogP contribution is 2.32. The van der Waals surface area contributed by atoms with E-state index in [1.165, 1.54) is 33.0 Å². The summed E-state index contributed by atoms with van der Waals surface area (Å²) in [5, 5.41) is 2.79. The van der Waals surface area contributed by atoms with E-state index in [2.05, 4.69) is 5.32 Å². The summed E-state index contributed by atoms with van der Waals surface area (Å²) in [6, 6.07) is 11.7. The average molecular weight is 433 g/mol. The number of carbonyl (C=O) groups excluding carboxylic acids is 1. The van der Waals surface area contributed by atoms with Crippen LogP contribution >= 0.6 is 0 Å². The van der Waals surface area contributed by atoms with Gasteiger partial charge in [-0.05, 0) is 55.5 Å². The van der Waals surface area contributed by atoms with Gasteiger partial charge in [-0.25, -0.2) is 12.7 Å². The number of carbonyl (C=O) groups is 1. The predicted molar refractivity (Wildman–Crippen MR) is 114 cm³/mol. The number of nitrogens with one attached hydrogen (secondary N) is 1. The van der Waals surface area contributed by atoms with Crippen LogP contribution in [0, 0.1) is 0 Å². The summed E-state index contributed by atoms with van der Waals surface area (Å²) >= 11 is 0. The molecule has 2 aromatic rings. The van der Waals surface area contributed by atoms with Crippen molar-refractivity contribution in [3.8, 4) is 11.5 Å². The average Bonchev–Trinajstić information content (AvgIpc) is 3.25. The van der Waals surface area contributed by atoms with Gasteiger partial charge in [0.15, 0.2) is 11.5 Å². The SMILES string of the molecule is COc1cc(C(=O)NCc2ccccc2S(=O)(=O)N(C)C)ccc1OC1CCCC1. The van der Waals surface area contributed by atoms with Gasteiger partial charge in [0.05, 0.1) is 18.1 Å². The molecule has 0 radical (unpaired) electrons. The summed E-state index contributed by atoms with van der Waals surface area (Å²) in [7, 11) is 0.897. The van der Waals surface area contributed by atoms with Gasteiger partial charge in [-0.15, -0.1) is 0 Å². The molecular weight excluding hydrogens is 404 g/mol. The first-order chi connectivity index (χ1) is 14.3. The molecule has 8 heteroatoms. The Kier molecular flexibility index (Phi) is 6.99. The molecule has 3 rings (SSSR count). The smallest absolute Gasteiger partial charge is 0.251 e. The number of methoxy groups -OCH3 is 1. The number of rotatable bonds is 8. The Bertz CT molecular complexity index is 998. The lowest BCUT2D eigenvalue weighted by Crippen LogP contribution is -2.27. The molecule has 0 spiro atoms. The van der Waals surface area contributed by atoms with Crippen molar-refractivity contribution >= 4 is 15.9 Å². The fourth-order valence-electron chi connectivity index (χ4n) is 3.47. The highest BCUT2D eigenvalue weighted by atomic mass is 32.2. The van der Waals surface area contributed by atoms with Gasteiger partial charge in [-0.1, -0.05) is 18.2 Å². The predicted octanol–water partition coefficient (Wildman–Crippen LogP) is 3.20. The second kappa shape index (κ2) is 9.49. The molecular formula is C22H28N2O5S. The van der Waals surface area contributed by atoms with Crippen molar-refractivity contribution in [3.63, 3.8) is 0 Å². The van der Waals surface area contributed by atoms with Gasteiger partial charge in [0, 0.05) is 26.2 Å². The third-order valence-corrected chi connectivity index (χ3v) is 7.11. The lowest BCUT2D eigenvalue weighted by atomic mass is 10.1. The Balaban J connectivity index is 1.73. The summed E-state index contributed by atoms with van der Waals surface area (Å²) in [6.45, 7) is 0.0880. The minimum atomic E-state index is -3.60. The van der Waals surface area contributed by atoms with E-state index < -0.39 is 10.0 Å². The molecule has 7 nitrogen and oxygen atoms in total. The van der Waals surface area contributed by atoms with Crippen molar-refractivity contribution in [3.05, 3.63) is 53.6 Å². The van der Waals surface area contributed by atoms with Crippen LogP contribution in [-0.4, -0.2) is 45.9 Å². The van der Waals surface area contributed by atoms with E-state index in [1.807, 2.05) is 0 Å². The lowest BCUT2D eigenvalue weighted by Gasteiger charge is -2.17. The number of nitrogens with zero attached hydrogens (tertiary/aromatic N) is 1. The Morgan fingerprint density at radius 1 is 1.10 bits per heavy atom. The fourth-order valence-corrected chi connectivity index (χ4v) is 4.58. The zero-order valence-corrected chi connectivity index (χ0v) is 18.4. The van der Waals surface area contributed by atoms with Gasteiger partial charge in [0.1, 0.15) is 0 Å².